The lowest BCUT2D eigenvalue weighted by Crippen LogP contribution is -2.29. The van der Waals surface area contributed by atoms with Crippen molar-refractivity contribution in [2.24, 2.45) is 5.92 Å². The van der Waals surface area contributed by atoms with Gasteiger partial charge in [0, 0.05) is 24.4 Å². The molecule has 1 unspecified atom stereocenters. The third kappa shape index (κ3) is 4.59. The number of rotatable bonds is 7. The Bertz CT molecular complexity index is 699. The molecule has 0 saturated carbocycles. The number of carbonyl (C=O) groups is 2. The van der Waals surface area contributed by atoms with Gasteiger partial charge in [-0.05, 0) is 30.0 Å². The van der Waals surface area contributed by atoms with Crippen LogP contribution in [0.25, 0.3) is 5.69 Å². The standard InChI is InChI=1S/C16H19N3O3S/c1-11(10-23-2)15(20)17-9-12-4-3-5-13(8-12)19-7-6-14(18-19)16(21)22/h3-8,11H,9-10H2,1-2H3,(H,17,20)(H,21,22). The van der Waals surface area contributed by atoms with Gasteiger partial charge in [-0.15, -0.1) is 0 Å². The summed E-state index contributed by atoms with van der Waals surface area (Å²) in [6.07, 6.45) is 3.57. The Hall–Kier alpha value is -2.28. The smallest absolute Gasteiger partial charge is 0.356 e. The van der Waals surface area contributed by atoms with Gasteiger partial charge in [-0.2, -0.15) is 16.9 Å². The van der Waals surface area contributed by atoms with Gasteiger partial charge in [-0.25, -0.2) is 9.48 Å². The van der Waals surface area contributed by atoms with Crippen molar-refractivity contribution in [2.75, 3.05) is 12.0 Å². The van der Waals surface area contributed by atoms with Crippen molar-refractivity contribution in [3.8, 4) is 5.69 Å². The molecule has 1 aromatic carbocycles. The van der Waals surface area contributed by atoms with Crippen molar-refractivity contribution in [1.29, 1.82) is 0 Å². The Kier molecular flexibility index (Phi) is 5.81. The summed E-state index contributed by atoms with van der Waals surface area (Å²) in [5.41, 5.74) is 1.68. The van der Waals surface area contributed by atoms with Crippen LogP contribution in [0.2, 0.25) is 0 Å². The van der Waals surface area contributed by atoms with Crippen LogP contribution < -0.4 is 5.32 Å². The number of thioether (sulfide) groups is 1. The fourth-order valence-electron chi connectivity index (χ4n) is 2.08. The van der Waals surface area contributed by atoms with Crippen LogP contribution in [-0.4, -0.2) is 38.8 Å². The van der Waals surface area contributed by atoms with E-state index in [4.69, 9.17) is 5.11 Å². The third-order valence-corrected chi connectivity index (χ3v) is 4.15. The van der Waals surface area contributed by atoms with Gasteiger partial charge < -0.3 is 10.4 Å². The largest absolute Gasteiger partial charge is 0.476 e. The molecule has 0 bridgehead atoms. The molecule has 0 fully saturated rings. The number of carbonyl (C=O) groups excluding carboxylic acids is 1. The summed E-state index contributed by atoms with van der Waals surface area (Å²) in [7, 11) is 0. The average molecular weight is 333 g/mol. The molecule has 0 aliphatic heterocycles. The van der Waals surface area contributed by atoms with Gasteiger partial charge in [0.2, 0.25) is 5.91 Å². The van der Waals surface area contributed by atoms with Gasteiger partial charge in [0.25, 0.3) is 0 Å². The lowest BCUT2D eigenvalue weighted by molar-refractivity contribution is -0.124. The molecule has 2 rings (SSSR count). The second-order valence-electron chi connectivity index (χ2n) is 5.19. The first-order valence-corrected chi connectivity index (χ1v) is 8.55. The lowest BCUT2D eigenvalue weighted by Gasteiger charge is -2.11. The van der Waals surface area contributed by atoms with Gasteiger partial charge in [0.1, 0.15) is 0 Å². The fourth-order valence-corrected chi connectivity index (χ4v) is 2.73. The molecule has 0 saturated heterocycles. The van der Waals surface area contributed by atoms with E-state index in [9.17, 15) is 9.59 Å². The summed E-state index contributed by atoms with van der Waals surface area (Å²) in [4.78, 5) is 22.8. The maximum Gasteiger partial charge on any atom is 0.356 e. The molecule has 0 aliphatic carbocycles. The van der Waals surface area contributed by atoms with Crippen molar-refractivity contribution in [1.82, 2.24) is 15.1 Å². The van der Waals surface area contributed by atoms with E-state index >= 15 is 0 Å². The maximum atomic E-state index is 11.9. The van der Waals surface area contributed by atoms with Crippen LogP contribution >= 0.6 is 11.8 Å². The van der Waals surface area contributed by atoms with Crippen LogP contribution in [0.3, 0.4) is 0 Å². The Morgan fingerprint density at radius 1 is 1.39 bits per heavy atom. The quantitative estimate of drug-likeness (QED) is 0.811. The Labute approximate surface area is 138 Å². The minimum atomic E-state index is -1.06. The van der Waals surface area contributed by atoms with E-state index in [1.54, 1.807) is 18.0 Å². The van der Waals surface area contributed by atoms with E-state index in [0.29, 0.717) is 6.54 Å². The minimum absolute atomic E-state index is 0.00500. The number of nitrogens with one attached hydrogen (secondary N) is 1. The van der Waals surface area contributed by atoms with Gasteiger partial charge in [-0.1, -0.05) is 19.1 Å². The second-order valence-corrected chi connectivity index (χ2v) is 6.11. The molecule has 1 heterocycles. The van der Waals surface area contributed by atoms with Crippen LogP contribution in [0.1, 0.15) is 23.0 Å². The third-order valence-electron chi connectivity index (χ3n) is 3.31. The SMILES string of the molecule is CSCC(C)C(=O)NCc1cccc(-n2ccc(C(=O)O)n2)c1. The van der Waals surface area contributed by atoms with Gasteiger partial charge in [0.05, 0.1) is 5.69 Å². The van der Waals surface area contributed by atoms with Crippen LogP contribution in [0.15, 0.2) is 36.5 Å². The first-order valence-electron chi connectivity index (χ1n) is 7.16. The molecule has 0 spiro atoms. The van der Waals surface area contributed by atoms with Gasteiger partial charge in [-0.3, -0.25) is 4.79 Å². The van der Waals surface area contributed by atoms with Crippen molar-refractivity contribution >= 4 is 23.6 Å². The van der Waals surface area contributed by atoms with Gasteiger partial charge >= 0.3 is 5.97 Å². The van der Waals surface area contributed by atoms with Crippen LogP contribution in [-0.2, 0) is 11.3 Å². The highest BCUT2D eigenvalue weighted by Crippen LogP contribution is 2.11. The van der Waals surface area contributed by atoms with Crippen LogP contribution in [0, 0.1) is 5.92 Å². The maximum absolute atomic E-state index is 11.9. The number of amides is 1. The molecule has 2 N–H and O–H groups in total. The van der Waals surface area contributed by atoms with E-state index in [0.717, 1.165) is 17.0 Å². The molecular formula is C16H19N3O3S. The van der Waals surface area contributed by atoms with Gasteiger partial charge in [0.15, 0.2) is 5.69 Å². The van der Waals surface area contributed by atoms with E-state index in [-0.39, 0.29) is 17.5 Å². The zero-order valence-electron chi connectivity index (χ0n) is 13.0. The highest BCUT2D eigenvalue weighted by Gasteiger charge is 2.12. The highest BCUT2D eigenvalue weighted by atomic mass is 32.2. The number of nitrogens with zero attached hydrogens (tertiary/aromatic N) is 2. The van der Waals surface area contributed by atoms with Crippen molar-refractivity contribution in [3.63, 3.8) is 0 Å². The average Bonchev–Trinajstić information content (AvgIpc) is 3.03. The molecular weight excluding hydrogens is 314 g/mol. The molecule has 7 heteroatoms. The zero-order chi connectivity index (χ0) is 16.8. The fraction of sp³-hybridized carbons (Fsp3) is 0.312. The molecule has 2 aromatic rings. The number of aromatic carboxylic acids is 1. The Balaban J connectivity index is 2.04. The number of hydrogen-bond acceptors (Lipinski definition) is 4. The first-order chi connectivity index (χ1) is 11.0. The molecule has 0 radical (unpaired) electrons. The number of carboxylic acids is 1. The summed E-state index contributed by atoms with van der Waals surface area (Å²) >= 11 is 1.64. The molecule has 1 aromatic heterocycles. The summed E-state index contributed by atoms with van der Waals surface area (Å²) in [5.74, 6) is -0.277. The van der Waals surface area contributed by atoms with E-state index in [2.05, 4.69) is 10.4 Å². The normalized spacial score (nSPS) is 11.9. The minimum Gasteiger partial charge on any atom is -0.476 e. The molecule has 1 atom stereocenters. The van der Waals surface area contributed by atoms with Crippen molar-refractivity contribution in [2.45, 2.75) is 13.5 Å². The van der Waals surface area contributed by atoms with Crippen molar-refractivity contribution < 1.29 is 14.7 Å². The van der Waals surface area contributed by atoms with Crippen molar-refractivity contribution in [3.05, 3.63) is 47.8 Å². The second kappa shape index (κ2) is 7.82. The summed E-state index contributed by atoms with van der Waals surface area (Å²) < 4.78 is 1.51. The highest BCUT2D eigenvalue weighted by molar-refractivity contribution is 7.98. The zero-order valence-corrected chi connectivity index (χ0v) is 13.8. The van der Waals surface area contributed by atoms with Crippen LogP contribution in [0.5, 0.6) is 0 Å². The van der Waals surface area contributed by atoms with E-state index < -0.39 is 5.97 Å². The predicted molar refractivity (Wildman–Crippen MR) is 89.9 cm³/mol. The lowest BCUT2D eigenvalue weighted by atomic mass is 10.1. The molecule has 122 valence electrons. The summed E-state index contributed by atoms with van der Waals surface area (Å²) in [6.45, 7) is 2.33. The molecule has 23 heavy (non-hydrogen) atoms. The summed E-state index contributed by atoms with van der Waals surface area (Å²) in [6, 6.07) is 8.91. The van der Waals surface area contributed by atoms with Crippen LogP contribution in [0.4, 0.5) is 0 Å². The predicted octanol–water partition coefficient (Wildman–Crippen LogP) is 2.19. The molecule has 0 aliphatic rings. The Morgan fingerprint density at radius 3 is 2.83 bits per heavy atom. The number of benzene rings is 1. The monoisotopic (exact) mass is 333 g/mol. The van der Waals surface area contributed by atoms with E-state index in [1.807, 2.05) is 37.4 Å². The molecule has 6 nitrogen and oxygen atoms in total. The topological polar surface area (TPSA) is 84.2 Å². The Morgan fingerprint density at radius 2 is 2.17 bits per heavy atom. The number of aromatic nitrogens is 2. The number of carboxylic acid groups (broad SMARTS) is 1. The van der Waals surface area contributed by atoms with E-state index in [1.165, 1.54) is 10.7 Å². The first kappa shape index (κ1) is 17.1. The number of hydrogen-bond donors (Lipinski definition) is 2. The summed E-state index contributed by atoms with van der Waals surface area (Å²) in [5, 5.41) is 15.8. The molecule has 1 amide bonds.